The summed E-state index contributed by atoms with van der Waals surface area (Å²) in [6.07, 6.45) is 0. The third-order valence-electron chi connectivity index (χ3n) is 6.27. The Morgan fingerprint density at radius 2 is 1.50 bits per heavy atom. The van der Waals surface area contributed by atoms with E-state index in [1.807, 2.05) is 0 Å². The van der Waals surface area contributed by atoms with E-state index in [-0.39, 0.29) is 16.2 Å². The van der Waals surface area contributed by atoms with Crippen molar-refractivity contribution in [1.82, 2.24) is 0 Å². The summed E-state index contributed by atoms with van der Waals surface area (Å²) in [5.41, 5.74) is 2.38. The van der Waals surface area contributed by atoms with Gasteiger partial charge in [0.25, 0.3) is 0 Å². The summed E-state index contributed by atoms with van der Waals surface area (Å²) >= 11 is 0. The van der Waals surface area contributed by atoms with E-state index in [0.29, 0.717) is 6.61 Å². The summed E-state index contributed by atoms with van der Waals surface area (Å²) in [7, 11) is -2.14. The Balaban J connectivity index is 2.03. The van der Waals surface area contributed by atoms with Crippen molar-refractivity contribution in [1.29, 1.82) is 0 Å². The van der Waals surface area contributed by atoms with E-state index in [4.69, 9.17) is 13.7 Å². The fourth-order valence-electron chi connectivity index (χ4n) is 2.42. The molecule has 0 amide bonds. The monoisotopic (exact) mass is 374 g/mol. The minimum absolute atomic E-state index is 0.220. The lowest BCUT2D eigenvalue weighted by atomic mass is 9.75. The number of hydrogen-bond acceptors (Lipinski definition) is 3. The second-order valence-electron chi connectivity index (χ2n) is 9.86. The molecule has 26 heavy (non-hydrogen) atoms. The van der Waals surface area contributed by atoms with Crippen molar-refractivity contribution in [3.05, 3.63) is 42.0 Å². The maximum absolute atomic E-state index is 6.30. The van der Waals surface area contributed by atoms with Crippen LogP contribution in [0.2, 0.25) is 18.1 Å². The van der Waals surface area contributed by atoms with E-state index < -0.39 is 15.4 Å². The van der Waals surface area contributed by atoms with E-state index >= 15 is 0 Å². The van der Waals surface area contributed by atoms with Crippen LogP contribution in [0.4, 0.5) is 0 Å². The minimum Gasteiger partial charge on any atom is -0.413 e. The molecule has 1 aromatic carbocycles. The zero-order valence-corrected chi connectivity index (χ0v) is 19.0. The molecule has 1 aromatic rings. The highest BCUT2D eigenvalue weighted by Gasteiger charge is 2.52. The van der Waals surface area contributed by atoms with Crippen LogP contribution in [0.25, 0.3) is 5.47 Å². The predicted octanol–water partition coefficient (Wildman–Crippen LogP) is 5.85. The van der Waals surface area contributed by atoms with Gasteiger partial charge in [0.15, 0.2) is 8.32 Å². The molecule has 1 fully saturated rings. The van der Waals surface area contributed by atoms with Gasteiger partial charge in [-0.25, -0.2) is 0 Å². The fraction of sp³-hybridized carbons (Fsp3) is 0.619. The summed E-state index contributed by atoms with van der Waals surface area (Å²) in [6, 6.07) is 8.38. The van der Waals surface area contributed by atoms with Gasteiger partial charge in [-0.15, -0.1) is 0 Å². The average Bonchev–Trinajstić information content (AvgIpc) is 2.72. The molecule has 0 spiro atoms. The van der Waals surface area contributed by atoms with Crippen molar-refractivity contribution < 1.29 is 13.7 Å². The van der Waals surface area contributed by atoms with E-state index in [9.17, 15) is 0 Å². The summed E-state index contributed by atoms with van der Waals surface area (Å²) in [5, 5.41) is 0.220. The lowest BCUT2D eigenvalue weighted by molar-refractivity contribution is 0.00578. The minimum atomic E-state index is -1.73. The molecular formula is C21H35BO3Si. The molecule has 0 radical (unpaired) electrons. The van der Waals surface area contributed by atoms with Gasteiger partial charge in [-0.05, 0) is 62.4 Å². The Kier molecular flexibility index (Phi) is 5.71. The molecule has 1 aliphatic rings. The van der Waals surface area contributed by atoms with Crippen LogP contribution in [0.3, 0.4) is 0 Å². The Morgan fingerprint density at radius 1 is 1.04 bits per heavy atom. The van der Waals surface area contributed by atoms with Crippen molar-refractivity contribution in [2.75, 3.05) is 0 Å². The smallest absolute Gasteiger partial charge is 0.413 e. The third kappa shape index (κ3) is 4.33. The average molecular weight is 374 g/mol. The largest absolute Gasteiger partial charge is 0.494 e. The Morgan fingerprint density at radius 3 is 1.92 bits per heavy atom. The van der Waals surface area contributed by atoms with Crippen molar-refractivity contribution in [2.24, 2.45) is 0 Å². The topological polar surface area (TPSA) is 27.7 Å². The maximum atomic E-state index is 6.30. The van der Waals surface area contributed by atoms with Gasteiger partial charge in [-0.1, -0.05) is 51.6 Å². The first kappa shape index (κ1) is 21.4. The Bertz CT molecular complexity index is 641. The standard InChI is InChI=1S/C21H35BO3Si/c1-16(22-24-20(5,6)21(7,8)25-22)18-13-11-17(12-14-18)15-23-26(9,10)19(2,3)4/h11-14H,1,15H2,2-10H3. The molecule has 0 bridgehead atoms. The Labute approximate surface area is 161 Å². The van der Waals surface area contributed by atoms with Crippen molar-refractivity contribution in [3.63, 3.8) is 0 Å². The molecule has 1 saturated heterocycles. The molecular weight excluding hydrogens is 339 g/mol. The summed E-state index contributed by atoms with van der Waals surface area (Å²) in [5.74, 6) is 0. The molecule has 1 heterocycles. The van der Waals surface area contributed by atoms with Crippen LogP contribution in [0.1, 0.15) is 59.6 Å². The predicted molar refractivity (Wildman–Crippen MR) is 114 cm³/mol. The van der Waals surface area contributed by atoms with Gasteiger partial charge in [0.05, 0.1) is 17.8 Å². The van der Waals surface area contributed by atoms with Gasteiger partial charge < -0.3 is 13.7 Å². The van der Waals surface area contributed by atoms with Crippen LogP contribution >= 0.6 is 0 Å². The molecule has 3 nitrogen and oxygen atoms in total. The molecule has 5 heteroatoms. The highest BCUT2D eigenvalue weighted by Crippen LogP contribution is 2.40. The quantitative estimate of drug-likeness (QED) is 0.605. The molecule has 0 N–H and O–H groups in total. The molecule has 0 aliphatic carbocycles. The molecule has 1 aliphatic heterocycles. The number of benzene rings is 1. The number of rotatable bonds is 5. The van der Waals surface area contributed by atoms with Crippen molar-refractivity contribution in [2.45, 2.75) is 84.4 Å². The van der Waals surface area contributed by atoms with E-state index in [1.54, 1.807) is 0 Å². The fourth-order valence-corrected chi connectivity index (χ4v) is 3.38. The maximum Gasteiger partial charge on any atom is 0.494 e. The van der Waals surface area contributed by atoms with Crippen LogP contribution in [0.15, 0.2) is 30.8 Å². The SMILES string of the molecule is C=C(B1OC(C)(C)C(C)(C)O1)c1ccc(CO[Si](C)(C)C(C)(C)C)cc1. The first-order valence-electron chi connectivity index (χ1n) is 9.44. The summed E-state index contributed by atoms with van der Waals surface area (Å²) in [6.45, 7) is 24.4. The molecule has 0 saturated carbocycles. The van der Waals surface area contributed by atoms with Crippen LogP contribution in [-0.4, -0.2) is 26.6 Å². The third-order valence-corrected chi connectivity index (χ3v) is 10.7. The molecule has 0 aromatic heterocycles. The second-order valence-corrected chi connectivity index (χ2v) is 14.7. The van der Waals surface area contributed by atoms with E-state index in [1.165, 1.54) is 5.56 Å². The van der Waals surface area contributed by atoms with Crippen LogP contribution in [0.5, 0.6) is 0 Å². The lowest BCUT2D eigenvalue weighted by Crippen LogP contribution is -2.41. The zero-order valence-electron chi connectivity index (χ0n) is 18.0. The van der Waals surface area contributed by atoms with Gasteiger partial charge in [0.2, 0.25) is 0 Å². The number of hydrogen-bond donors (Lipinski definition) is 0. The van der Waals surface area contributed by atoms with Crippen molar-refractivity contribution >= 4 is 20.9 Å². The van der Waals surface area contributed by atoms with Gasteiger partial charge >= 0.3 is 7.12 Å². The Hall–Kier alpha value is -0.878. The first-order chi connectivity index (χ1) is 11.7. The van der Waals surface area contributed by atoms with Gasteiger partial charge in [0, 0.05) is 0 Å². The zero-order chi connectivity index (χ0) is 20.0. The lowest BCUT2D eigenvalue weighted by Gasteiger charge is -2.36. The van der Waals surface area contributed by atoms with Gasteiger partial charge in [-0.2, -0.15) is 0 Å². The molecule has 2 rings (SSSR count). The van der Waals surface area contributed by atoms with Crippen LogP contribution < -0.4 is 0 Å². The van der Waals surface area contributed by atoms with Crippen LogP contribution in [0, 0.1) is 0 Å². The summed E-state index contributed by atoms with van der Waals surface area (Å²) in [4.78, 5) is 0. The highest BCUT2D eigenvalue weighted by atomic mass is 28.4. The summed E-state index contributed by atoms with van der Waals surface area (Å²) < 4.78 is 18.5. The van der Waals surface area contributed by atoms with Gasteiger partial charge in [-0.3, -0.25) is 0 Å². The highest BCUT2D eigenvalue weighted by molar-refractivity contribution is 6.74. The van der Waals surface area contributed by atoms with E-state index in [2.05, 4.69) is 92.4 Å². The first-order valence-corrected chi connectivity index (χ1v) is 12.3. The van der Waals surface area contributed by atoms with Gasteiger partial charge in [0.1, 0.15) is 0 Å². The van der Waals surface area contributed by atoms with Crippen molar-refractivity contribution in [3.8, 4) is 0 Å². The van der Waals surface area contributed by atoms with E-state index in [0.717, 1.165) is 11.0 Å². The molecule has 0 unspecified atom stereocenters. The molecule has 0 atom stereocenters. The molecule has 144 valence electrons. The normalized spacial score (nSPS) is 19.7. The van der Waals surface area contributed by atoms with Crippen LogP contribution in [-0.2, 0) is 20.3 Å². The second kappa shape index (κ2) is 6.94.